The second-order valence-electron chi connectivity index (χ2n) is 6.39. The number of aryl methyl sites for hydroxylation is 1. The van der Waals surface area contributed by atoms with Gasteiger partial charge in [-0.3, -0.25) is 0 Å². The Bertz CT molecular complexity index is 629. The summed E-state index contributed by atoms with van der Waals surface area (Å²) in [6, 6.07) is 14.4. The van der Waals surface area contributed by atoms with Gasteiger partial charge in [0.1, 0.15) is 6.10 Å². The summed E-state index contributed by atoms with van der Waals surface area (Å²) in [4.78, 5) is 1.13. The standard InChI is InChI=1S/C19H23BrOS/c1-5-13-6-8-14(9-7-13)18(21)16-12-15(20)10-11-17(16)22-19(2,3)4/h6-12,18,21H,5H2,1-4H3. The molecule has 0 aliphatic heterocycles. The first-order valence-electron chi connectivity index (χ1n) is 7.55. The van der Waals surface area contributed by atoms with Crippen molar-refractivity contribution < 1.29 is 5.11 Å². The van der Waals surface area contributed by atoms with Crippen molar-refractivity contribution in [3.05, 3.63) is 63.6 Å². The van der Waals surface area contributed by atoms with Crippen LogP contribution in [0.3, 0.4) is 0 Å². The Morgan fingerprint density at radius 3 is 2.27 bits per heavy atom. The van der Waals surface area contributed by atoms with Crippen LogP contribution < -0.4 is 0 Å². The molecule has 2 aromatic carbocycles. The molecule has 0 radical (unpaired) electrons. The van der Waals surface area contributed by atoms with Crippen molar-refractivity contribution in [2.24, 2.45) is 0 Å². The Labute approximate surface area is 146 Å². The van der Waals surface area contributed by atoms with E-state index in [2.05, 4.69) is 61.8 Å². The topological polar surface area (TPSA) is 20.2 Å². The normalized spacial score (nSPS) is 13.2. The van der Waals surface area contributed by atoms with Crippen LogP contribution in [0.5, 0.6) is 0 Å². The fourth-order valence-corrected chi connectivity index (χ4v) is 3.73. The zero-order valence-corrected chi connectivity index (χ0v) is 16.0. The maximum absolute atomic E-state index is 10.8. The highest BCUT2D eigenvalue weighted by molar-refractivity contribution is 9.10. The van der Waals surface area contributed by atoms with E-state index in [1.807, 2.05) is 24.3 Å². The van der Waals surface area contributed by atoms with Crippen LogP contribution in [0.4, 0.5) is 0 Å². The quantitative estimate of drug-likeness (QED) is 0.659. The molecule has 1 unspecified atom stereocenters. The molecule has 2 aromatic rings. The summed E-state index contributed by atoms with van der Waals surface area (Å²) in [7, 11) is 0. The molecule has 1 N–H and O–H groups in total. The van der Waals surface area contributed by atoms with Crippen molar-refractivity contribution >= 4 is 27.7 Å². The summed E-state index contributed by atoms with van der Waals surface area (Å²) in [6.07, 6.45) is 0.409. The number of hydrogen-bond donors (Lipinski definition) is 1. The lowest BCUT2D eigenvalue weighted by Crippen LogP contribution is -2.09. The number of halogens is 1. The molecular weight excluding hydrogens is 356 g/mol. The lowest BCUT2D eigenvalue weighted by Gasteiger charge is -2.22. The van der Waals surface area contributed by atoms with Crippen molar-refractivity contribution in [2.45, 2.75) is 49.9 Å². The third-order valence-electron chi connectivity index (χ3n) is 3.39. The van der Waals surface area contributed by atoms with Crippen molar-refractivity contribution in [1.29, 1.82) is 0 Å². The molecule has 2 rings (SSSR count). The van der Waals surface area contributed by atoms with Gasteiger partial charge in [0.15, 0.2) is 0 Å². The molecule has 0 saturated carbocycles. The average molecular weight is 379 g/mol. The van der Waals surface area contributed by atoms with Crippen LogP contribution >= 0.6 is 27.7 Å². The first-order chi connectivity index (χ1) is 10.3. The van der Waals surface area contributed by atoms with Gasteiger partial charge < -0.3 is 5.11 Å². The summed E-state index contributed by atoms with van der Waals surface area (Å²) >= 11 is 5.31. The molecule has 0 heterocycles. The number of hydrogen-bond acceptors (Lipinski definition) is 2. The molecule has 118 valence electrons. The first-order valence-corrected chi connectivity index (χ1v) is 9.16. The summed E-state index contributed by atoms with van der Waals surface area (Å²) in [6.45, 7) is 8.70. The van der Waals surface area contributed by atoms with Gasteiger partial charge >= 0.3 is 0 Å². The molecule has 0 amide bonds. The van der Waals surface area contributed by atoms with Crippen LogP contribution in [0.25, 0.3) is 0 Å². The minimum atomic E-state index is -0.603. The minimum absolute atomic E-state index is 0.106. The van der Waals surface area contributed by atoms with E-state index in [9.17, 15) is 5.11 Å². The Morgan fingerprint density at radius 1 is 1.09 bits per heavy atom. The summed E-state index contributed by atoms with van der Waals surface area (Å²) in [5.74, 6) is 0. The van der Waals surface area contributed by atoms with Crippen LogP contribution in [-0.2, 0) is 6.42 Å². The Hall–Kier alpha value is -0.770. The van der Waals surface area contributed by atoms with Gasteiger partial charge in [-0.2, -0.15) is 0 Å². The fraction of sp³-hybridized carbons (Fsp3) is 0.368. The third-order valence-corrected chi connectivity index (χ3v) is 5.08. The second kappa shape index (κ2) is 7.20. The summed E-state index contributed by atoms with van der Waals surface area (Å²) in [5, 5.41) is 10.8. The lowest BCUT2D eigenvalue weighted by atomic mass is 10.00. The molecule has 0 spiro atoms. The van der Waals surface area contributed by atoms with Gasteiger partial charge in [0.2, 0.25) is 0 Å². The van der Waals surface area contributed by atoms with E-state index in [1.165, 1.54) is 5.56 Å². The number of aliphatic hydroxyl groups is 1. The molecule has 0 aliphatic carbocycles. The summed E-state index contributed by atoms with van der Waals surface area (Å²) in [5.41, 5.74) is 3.18. The predicted molar refractivity (Wildman–Crippen MR) is 99.6 cm³/mol. The van der Waals surface area contributed by atoms with E-state index in [0.29, 0.717) is 0 Å². The zero-order chi connectivity index (χ0) is 16.3. The lowest BCUT2D eigenvalue weighted by molar-refractivity contribution is 0.217. The smallest absolute Gasteiger partial charge is 0.105 e. The molecule has 1 atom stereocenters. The largest absolute Gasteiger partial charge is 0.384 e. The maximum atomic E-state index is 10.8. The molecule has 1 nitrogen and oxygen atoms in total. The zero-order valence-electron chi connectivity index (χ0n) is 13.6. The first kappa shape index (κ1) is 17.6. The average Bonchev–Trinajstić information content (AvgIpc) is 2.47. The van der Waals surface area contributed by atoms with Gasteiger partial charge in [0, 0.05) is 14.1 Å². The molecule has 22 heavy (non-hydrogen) atoms. The van der Waals surface area contributed by atoms with E-state index >= 15 is 0 Å². The minimum Gasteiger partial charge on any atom is -0.384 e. The van der Waals surface area contributed by atoms with Crippen molar-refractivity contribution in [3.63, 3.8) is 0 Å². The fourth-order valence-electron chi connectivity index (χ4n) is 2.27. The van der Waals surface area contributed by atoms with Crippen LogP contribution in [-0.4, -0.2) is 9.85 Å². The molecule has 0 fully saturated rings. The van der Waals surface area contributed by atoms with Crippen LogP contribution in [0.15, 0.2) is 51.8 Å². The van der Waals surface area contributed by atoms with Gasteiger partial charge in [0.25, 0.3) is 0 Å². The van der Waals surface area contributed by atoms with Crippen LogP contribution in [0.2, 0.25) is 0 Å². The van der Waals surface area contributed by atoms with Crippen LogP contribution in [0.1, 0.15) is 50.5 Å². The van der Waals surface area contributed by atoms with E-state index in [4.69, 9.17) is 0 Å². The second-order valence-corrected chi connectivity index (χ2v) is 9.18. The summed E-state index contributed by atoms with van der Waals surface area (Å²) < 4.78 is 1.10. The predicted octanol–water partition coefficient (Wildman–Crippen LogP) is 5.98. The van der Waals surface area contributed by atoms with E-state index < -0.39 is 6.10 Å². The molecule has 0 aromatic heterocycles. The van der Waals surface area contributed by atoms with Gasteiger partial charge in [-0.05, 0) is 41.3 Å². The molecule has 0 saturated heterocycles. The van der Waals surface area contributed by atoms with Crippen LogP contribution in [0, 0.1) is 0 Å². The van der Waals surface area contributed by atoms with E-state index in [0.717, 1.165) is 26.9 Å². The molecule has 0 bridgehead atoms. The number of benzene rings is 2. The number of rotatable bonds is 4. The molecule has 0 aliphatic rings. The monoisotopic (exact) mass is 378 g/mol. The highest BCUT2D eigenvalue weighted by Crippen LogP contribution is 2.39. The molecular formula is C19H23BrOS. The Morgan fingerprint density at radius 2 is 1.73 bits per heavy atom. The van der Waals surface area contributed by atoms with Crippen molar-refractivity contribution in [3.8, 4) is 0 Å². The highest BCUT2D eigenvalue weighted by Gasteiger charge is 2.20. The van der Waals surface area contributed by atoms with E-state index in [1.54, 1.807) is 11.8 Å². The highest BCUT2D eigenvalue weighted by atomic mass is 79.9. The SMILES string of the molecule is CCc1ccc(C(O)c2cc(Br)ccc2SC(C)(C)C)cc1. The van der Waals surface area contributed by atoms with E-state index in [-0.39, 0.29) is 4.75 Å². The number of aliphatic hydroxyl groups excluding tert-OH is 1. The van der Waals surface area contributed by atoms with Gasteiger partial charge in [0.05, 0.1) is 0 Å². The van der Waals surface area contributed by atoms with Gasteiger partial charge in [-0.15, -0.1) is 11.8 Å². The van der Waals surface area contributed by atoms with Gasteiger partial charge in [-0.1, -0.05) is 67.9 Å². The van der Waals surface area contributed by atoms with Crippen molar-refractivity contribution in [2.75, 3.05) is 0 Å². The third kappa shape index (κ3) is 4.61. The Kier molecular flexibility index (Phi) is 5.76. The maximum Gasteiger partial charge on any atom is 0.105 e. The Balaban J connectivity index is 2.38. The van der Waals surface area contributed by atoms with Gasteiger partial charge in [-0.25, -0.2) is 0 Å². The van der Waals surface area contributed by atoms with Crippen molar-refractivity contribution in [1.82, 2.24) is 0 Å². The molecule has 3 heteroatoms. The number of thioether (sulfide) groups is 1.